The number of aryl methyl sites for hydroxylation is 1. The molecule has 0 atom stereocenters. The summed E-state index contributed by atoms with van der Waals surface area (Å²) < 4.78 is 5.03. The third-order valence-electron chi connectivity index (χ3n) is 3.96. The zero-order chi connectivity index (χ0) is 21.3. The van der Waals surface area contributed by atoms with Crippen molar-refractivity contribution in [2.75, 3.05) is 22.5 Å². The van der Waals surface area contributed by atoms with Crippen molar-refractivity contribution in [3.05, 3.63) is 72.3 Å². The number of pyridine rings is 1. The molecule has 3 aromatic rings. The number of hydrogen-bond acceptors (Lipinski definition) is 5. The Labute approximate surface area is 172 Å². The van der Waals surface area contributed by atoms with Crippen molar-refractivity contribution in [3.63, 3.8) is 0 Å². The molecule has 0 spiro atoms. The SMILES string of the molecule is Cc1ccc(NC(=O)CCNC(=O)Nc2ccc(NC(=O)c3ccco3)cc2)nc1. The van der Waals surface area contributed by atoms with Crippen LogP contribution in [0.4, 0.5) is 22.0 Å². The molecule has 0 radical (unpaired) electrons. The van der Waals surface area contributed by atoms with Crippen LogP contribution in [-0.2, 0) is 4.79 Å². The molecule has 4 N–H and O–H groups in total. The van der Waals surface area contributed by atoms with Crippen LogP contribution in [0.15, 0.2) is 65.4 Å². The molecule has 9 heteroatoms. The Bertz CT molecular complexity index is 999. The number of furan rings is 1. The minimum atomic E-state index is -0.441. The van der Waals surface area contributed by atoms with E-state index in [0.717, 1.165) is 5.56 Å². The van der Waals surface area contributed by atoms with Crippen LogP contribution in [-0.4, -0.2) is 29.4 Å². The summed E-state index contributed by atoms with van der Waals surface area (Å²) in [4.78, 5) is 39.9. The summed E-state index contributed by atoms with van der Waals surface area (Å²) in [5, 5.41) is 10.6. The number of anilines is 3. The van der Waals surface area contributed by atoms with Gasteiger partial charge in [-0.25, -0.2) is 9.78 Å². The van der Waals surface area contributed by atoms with Gasteiger partial charge < -0.3 is 25.7 Å². The molecular weight excluding hydrogens is 386 g/mol. The van der Waals surface area contributed by atoms with Gasteiger partial charge in [0, 0.05) is 30.5 Å². The molecule has 0 aliphatic carbocycles. The van der Waals surface area contributed by atoms with Crippen molar-refractivity contribution in [1.29, 1.82) is 0 Å². The maximum Gasteiger partial charge on any atom is 0.319 e. The topological polar surface area (TPSA) is 125 Å². The van der Waals surface area contributed by atoms with Crippen molar-refractivity contribution >= 4 is 35.0 Å². The fraction of sp³-hybridized carbons (Fsp3) is 0.143. The molecule has 0 fully saturated rings. The van der Waals surface area contributed by atoms with Crippen LogP contribution in [0.3, 0.4) is 0 Å². The molecule has 154 valence electrons. The quantitative estimate of drug-likeness (QED) is 0.478. The monoisotopic (exact) mass is 407 g/mol. The first kappa shape index (κ1) is 20.6. The average Bonchev–Trinajstić information content (AvgIpc) is 3.26. The number of amides is 4. The first-order chi connectivity index (χ1) is 14.5. The van der Waals surface area contributed by atoms with Crippen molar-refractivity contribution in [2.24, 2.45) is 0 Å². The second-order valence-corrected chi connectivity index (χ2v) is 6.41. The number of benzene rings is 1. The lowest BCUT2D eigenvalue weighted by Gasteiger charge is -2.09. The number of rotatable bonds is 7. The number of hydrogen-bond donors (Lipinski definition) is 4. The van der Waals surface area contributed by atoms with Crippen LogP contribution in [0.5, 0.6) is 0 Å². The van der Waals surface area contributed by atoms with Crippen molar-refractivity contribution in [1.82, 2.24) is 10.3 Å². The Morgan fingerprint density at radius 3 is 2.30 bits per heavy atom. The van der Waals surface area contributed by atoms with Crippen LogP contribution >= 0.6 is 0 Å². The zero-order valence-electron chi connectivity index (χ0n) is 16.3. The summed E-state index contributed by atoms with van der Waals surface area (Å²) in [5.41, 5.74) is 2.10. The molecule has 0 aliphatic rings. The molecule has 2 aromatic heterocycles. The fourth-order valence-corrected chi connectivity index (χ4v) is 2.45. The first-order valence-electron chi connectivity index (χ1n) is 9.22. The maximum absolute atomic E-state index is 12.0. The van der Waals surface area contributed by atoms with E-state index < -0.39 is 6.03 Å². The largest absolute Gasteiger partial charge is 0.459 e. The zero-order valence-corrected chi connectivity index (χ0v) is 16.3. The minimum Gasteiger partial charge on any atom is -0.459 e. The third kappa shape index (κ3) is 6.20. The van der Waals surface area contributed by atoms with E-state index in [1.807, 2.05) is 13.0 Å². The summed E-state index contributed by atoms with van der Waals surface area (Å²) >= 11 is 0. The molecular formula is C21H21N5O4. The van der Waals surface area contributed by atoms with Gasteiger partial charge in [-0.1, -0.05) is 6.07 Å². The maximum atomic E-state index is 12.0. The first-order valence-corrected chi connectivity index (χ1v) is 9.22. The smallest absolute Gasteiger partial charge is 0.319 e. The van der Waals surface area contributed by atoms with E-state index >= 15 is 0 Å². The molecule has 3 rings (SSSR count). The van der Waals surface area contributed by atoms with E-state index in [1.165, 1.54) is 6.26 Å². The van der Waals surface area contributed by atoms with Crippen molar-refractivity contribution in [3.8, 4) is 0 Å². The van der Waals surface area contributed by atoms with Crippen LogP contribution < -0.4 is 21.3 Å². The molecule has 0 aliphatic heterocycles. The van der Waals surface area contributed by atoms with Crippen molar-refractivity contribution in [2.45, 2.75) is 13.3 Å². The van der Waals surface area contributed by atoms with Crippen LogP contribution in [0.2, 0.25) is 0 Å². The number of carbonyl (C=O) groups excluding carboxylic acids is 3. The highest BCUT2D eigenvalue weighted by molar-refractivity contribution is 6.02. The summed E-state index contributed by atoms with van der Waals surface area (Å²) in [6.07, 6.45) is 3.19. The summed E-state index contributed by atoms with van der Waals surface area (Å²) in [6, 6.07) is 12.9. The second-order valence-electron chi connectivity index (χ2n) is 6.41. The lowest BCUT2D eigenvalue weighted by atomic mass is 10.2. The predicted molar refractivity (Wildman–Crippen MR) is 112 cm³/mol. The van der Waals surface area contributed by atoms with E-state index in [9.17, 15) is 14.4 Å². The molecule has 4 amide bonds. The Morgan fingerprint density at radius 1 is 0.933 bits per heavy atom. The van der Waals surface area contributed by atoms with Gasteiger partial charge in [-0.05, 0) is 55.0 Å². The predicted octanol–water partition coefficient (Wildman–Crippen LogP) is 3.39. The Morgan fingerprint density at radius 2 is 1.67 bits per heavy atom. The summed E-state index contributed by atoms with van der Waals surface area (Å²) in [6.45, 7) is 2.08. The van der Waals surface area contributed by atoms with Crippen LogP contribution in [0, 0.1) is 6.92 Å². The molecule has 2 heterocycles. The molecule has 0 bridgehead atoms. The molecule has 0 saturated heterocycles. The van der Waals surface area contributed by atoms with Gasteiger partial charge in [-0.15, -0.1) is 0 Å². The van der Waals surface area contributed by atoms with Gasteiger partial charge in [0.25, 0.3) is 5.91 Å². The molecule has 0 unspecified atom stereocenters. The number of nitrogens with one attached hydrogen (secondary N) is 4. The van der Waals surface area contributed by atoms with Crippen LogP contribution in [0.1, 0.15) is 22.5 Å². The number of nitrogens with zero attached hydrogens (tertiary/aromatic N) is 1. The number of urea groups is 1. The van der Waals surface area contributed by atoms with E-state index in [-0.39, 0.29) is 30.5 Å². The van der Waals surface area contributed by atoms with E-state index in [1.54, 1.807) is 48.7 Å². The normalized spacial score (nSPS) is 10.2. The highest BCUT2D eigenvalue weighted by Gasteiger charge is 2.09. The molecule has 9 nitrogen and oxygen atoms in total. The summed E-state index contributed by atoms with van der Waals surface area (Å²) in [7, 11) is 0. The highest BCUT2D eigenvalue weighted by atomic mass is 16.3. The number of carbonyl (C=O) groups is 3. The van der Waals surface area contributed by atoms with E-state index in [4.69, 9.17) is 4.42 Å². The fourth-order valence-electron chi connectivity index (χ4n) is 2.45. The standard InChI is InChI=1S/C21H21N5O4/c1-14-4-9-18(23-13-14)26-19(27)10-11-22-21(29)25-16-7-5-15(6-8-16)24-20(28)17-3-2-12-30-17/h2-9,12-13H,10-11H2,1H3,(H,24,28)(H2,22,25,29)(H,23,26,27). The Hall–Kier alpha value is -4.14. The van der Waals surface area contributed by atoms with Gasteiger partial charge in [0.05, 0.1) is 6.26 Å². The van der Waals surface area contributed by atoms with Gasteiger partial charge >= 0.3 is 6.03 Å². The molecule has 30 heavy (non-hydrogen) atoms. The Kier molecular flexibility index (Phi) is 6.78. The van der Waals surface area contributed by atoms with Gasteiger partial charge in [-0.2, -0.15) is 0 Å². The van der Waals surface area contributed by atoms with Gasteiger partial charge in [0.15, 0.2) is 5.76 Å². The van der Waals surface area contributed by atoms with Gasteiger partial charge in [0.1, 0.15) is 5.82 Å². The van der Waals surface area contributed by atoms with E-state index in [0.29, 0.717) is 17.2 Å². The van der Waals surface area contributed by atoms with Gasteiger partial charge in [0.2, 0.25) is 5.91 Å². The highest BCUT2D eigenvalue weighted by Crippen LogP contribution is 2.15. The number of aromatic nitrogens is 1. The lowest BCUT2D eigenvalue weighted by Crippen LogP contribution is -2.31. The lowest BCUT2D eigenvalue weighted by molar-refractivity contribution is -0.116. The third-order valence-corrected chi connectivity index (χ3v) is 3.96. The Balaban J connectivity index is 1.38. The molecule has 1 aromatic carbocycles. The van der Waals surface area contributed by atoms with Crippen LogP contribution in [0.25, 0.3) is 0 Å². The van der Waals surface area contributed by atoms with Crippen molar-refractivity contribution < 1.29 is 18.8 Å². The average molecular weight is 407 g/mol. The minimum absolute atomic E-state index is 0.112. The van der Waals surface area contributed by atoms with Gasteiger partial charge in [-0.3, -0.25) is 9.59 Å². The molecule has 0 saturated carbocycles. The summed E-state index contributed by atoms with van der Waals surface area (Å²) in [5.74, 6) is 0.0638. The van der Waals surface area contributed by atoms with E-state index in [2.05, 4.69) is 26.3 Å². The second kappa shape index (κ2) is 9.87.